The quantitative estimate of drug-likeness (QED) is 0.0771. The van der Waals surface area contributed by atoms with Gasteiger partial charge in [0.2, 0.25) is 11.7 Å². The van der Waals surface area contributed by atoms with Crippen molar-refractivity contribution in [2.24, 2.45) is 0 Å². The van der Waals surface area contributed by atoms with Crippen LogP contribution in [0.5, 0.6) is 5.75 Å². The number of benzene rings is 3. The number of nitrogens with zero attached hydrogens (tertiary/aromatic N) is 5. The number of H-pyrrole nitrogens is 1. The standard InChI is InChI=1S/C48H50F2N8O9S/c49-38-11-12-39(54-68(65,66)57-19-1-2-20-57)43(50)42(38)44(60)37-27-52-45-36(37)25-33(26-51-45)31-5-3-29(4-6-31)28-55-21-17-34(18-22-55)58(48(63)64)47(62)56-23-15-32(16-24-56)30-7-9-35(10-8-30)67-40-13-14-41(59)53-46(40)61/h3-12,25-27,32,34,40,54H,1-2,13-24,28H2,(H,51,52)(H,63,64)(H,53,59,61). The van der Waals surface area contributed by atoms with Crippen LogP contribution in [0.2, 0.25) is 0 Å². The number of imide groups is 2. The second kappa shape index (κ2) is 19.4. The van der Waals surface area contributed by atoms with Gasteiger partial charge in [-0.25, -0.2) is 28.3 Å². The van der Waals surface area contributed by atoms with E-state index in [4.69, 9.17) is 4.74 Å². The minimum absolute atomic E-state index is 0.0418. The molecule has 0 saturated carbocycles. The van der Waals surface area contributed by atoms with E-state index in [-0.39, 0.29) is 36.9 Å². The number of amides is 5. The molecule has 2 aromatic heterocycles. The van der Waals surface area contributed by atoms with Gasteiger partial charge in [0.25, 0.3) is 5.91 Å². The first kappa shape index (κ1) is 46.3. The predicted molar refractivity (Wildman–Crippen MR) is 245 cm³/mol. The summed E-state index contributed by atoms with van der Waals surface area (Å²) in [5, 5.41) is 12.8. The summed E-state index contributed by atoms with van der Waals surface area (Å²) in [6.07, 6.45) is 5.09. The maximum absolute atomic E-state index is 15.8. The largest absolute Gasteiger partial charge is 0.481 e. The van der Waals surface area contributed by atoms with E-state index in [1.54, 1.807) is 29.3 Å². The molecule has 356 valence electrons. The molecule has 5 amide bonds. The van der Waals surface area contributed by atoms with Gasteiger partial charge in [0.15, 0.2) is 11.9 Å². The summed E-state index contributed by atoms with van der Waals surface area (Å²) >= 11 is 0. The monoisotopic (exact) mass is 952 g/mol. The van der Waals surface area contributed by atoms with Gasteiger partial charge < -0.3 is 19.7 Å². The van der Waals surface area contributed by atoms with E-state index in [9.17, 15) is 37.5 Å². The van der Waals surface area contributed by atoms with Crippen molar-refractivity contribution in [3.8, 4) is 16.9 Å². The van der Waals surface area contributed by atoms with Gasteiger partial charge in [0.1, 0.15) is 17.2 Å². The number of nitrogens with one attached hydrogen (secondary N) is 3. The van der Waals surface area contributed by atoms with Gasteiger partial charge in [-0.2, -0.15) is 12.7 Å². The molecule has 4 aliphatic heterocycles. The fourth-order valence-corrected chi connectivity index (χ4v) is 10.9. The zero-order valence-corrected chi connectivity index (χ0v) is 37.8. The van der Waals surface area contributed by atoms with Crippen LogP contribution in [-0.4, -0.2) is 124 Å². The zero-order chi connectivity index (χ0) is 47.7. The number of aromatic nitrogens is 2. The number of carboxylic acid groups (broad SMARTS) is 1. The highest BCUT2D eigenvalue weighted by atomic mass is 32.2. The third-order valence-corrected chi connectivity index (χ3v) is 14.9. The van der Waals surface area contributed by atoms with Gasteiger partial charge in [0.05, 0.1) is 11.3 Å². The topological polar surface area (TPSA) is 215 Å². The Morgan fingerprint density at radius 1 is 0.868 bits per heavy atom. The van der Waals surface area contributed by atoms with Crippen molar-refractivity contribution >= 4 is 56.7 Å². The van der Waals surface area contributed by atoms with E-state index in [0.29, 0.717) is 100 Å². The van der Waals surface area contributed by atoms with Gasteiger partial charge in [-0.15, -0.1) is 0 Å². The van der Waals surface area contributed by atoms with Gasteiger partial charge in [-0.3, -0.25) is 29.3 Å². The number of hydrogen-bond donors (Lipinski definition) is 4. The van der Waals surface area contributed by atoms with Crippen LogP contribution in [0.1, 0.15) is 84.3 Å². The summed E-state index contributed by atoms with van der Waals surface area (Å²) in [5.74, 6) is -3.51. The molecule has 5 aromatic rings. The molecule has 0 radical (unpaired) electrons. The first-order valence-electron chi connectivity index (χ1n) is 22.7. The predicted octanol–water partition coefficient (Wildman–Crippen LogP) is 6.62. The Morgan fingerprint density at radius 2 is 1.57 bits per heavy atom. The summed E-state index contributed by atoms with van der Waals surface area (Å²) in [6, 6.07) is 17.7. The van der Waals surface area contributed by atoms with Crippen LogP contribution in [0.3, 0.4) is 0 Å². The van der Waals surface area contributed by atoms with Crippen LogP contribution in [0.4, 0.5) is 24.1 Å². The zero-order valence-electron chi connectivity index (χ0n) is 37.0. The van der Waals surface area contributed by atoms with E-state index in [0.717, 1.165) is 33.7 Å². The number of anilines is 1. The van der Waals surface area contributed by atoms with Crippen molar-refractivity contribution in [2.75, 3.05) is 44.0 Å². The number of ketones is 1. The van der Waals surface area contributed by atoms with Crippen molar-refractivity contribution in [3.63, 3.8) is 0 Å². The summed E-state index contributed by atoms with van der Waals surface area (Å²) in [7, 11) is -4.11. The third-order valence-electron chi connectivity index (χ3n) is 13.3. The molecule has 17 nitrogen and oxygen atoms in total. The SMILES string of the molecule is O=C1CCC(Oc2ccc(C3CCN(C(=O)N(C(=O)O)C4CCN(Cc5ccc(-c6cnc7[nH]cc(C(=O)c8c(F)ccc(NS(=O)(=O)N9CCCC9)c8F)c7c6)cc5)CC4)CC3)cc2)C(=O)N1. The first-order chi connectivity index (χ1) is 32.7. The van der Waals surface area contributed by atoms with E-state index in [1.807, 2.05) is 36.4 Å². The lowest BCUT2D eigenvalue weighted by Gasteiger charge is -2.40. The Bertz CT molecular complexity index is 2860. The summed E-state index contributed by atoms with van der Waals surface area (Å²) < 4.78 is 65.7. The highest BCUT2D eigenvalue weighted by molar-refractivity contribution is 7.90. The maximum Gasteiger partial charge on any atom is 0.415 e. The molecule has 20 heteroatoms. The number of piperidine rings is 3. The number of pyridine rings is 1. The third kappa shape index (κ3) is 9.79. The number of carbonyl (C=O) groups excluding carboxylic acids is 4. The van der Waals surface area contributed by atoms with Gasteiger partial charge in [-0.05, 0) is 91.5 Å². The van der Waals surface area contributed by atoms with Crippen molar-refractivity contribution in [1.29, 1.82) is 0 Å². The summed E-state index contributed by atoms with van der Waals surface area (Å²) in [6.45, 7) is 3.10. The Kier molecular flexibility index (Phi) is 13.3. The van der Waals surface area contributed by atoms with Crippen LogP contribution in [0, 0.1) is 11.6 Å². The lowest BCUT2D eigenvalue weighted by atomic mass is 9.89. The van der Waals surface area contributed by atoms with Crippen molar-refractivity contribution in [3.05, 3.63) is 113 Å². The molecule has 4 N–H and O–H groups in total. The van der Waals surface area contributed by atoms with Crippen LogP contribution in [-0.2, 0) is 26.3 Å². The molecular formula is C48H50F2N8O9S. The van der Waals surface area contributed by atoms with Gasteiger partial charge >= 0.3 is 22.3 Å². The summed E-state index contributed by atoms with van der Waals surface area (Å²) in [5.41, 5.74) is 2.31. The normalized spacial score (nSPS) is 19.0. The van der Waals surface area contributed by atoms with Crippen molar-refractivity contribution < 1.29 is 51.0 Å². The van der Waals surface area contributed by atoms with Crippen LogP contribution >= 0.6 is 0 Å². The highest BCUT2D eigenvalue weighted by Gasteiger charge is 2.37. The fourth-order valence-electron chi connectivity index (χ4n) is 9.57. The second-order valence-electron chi connectivity index (χ2n) is 17.7. The number of aromatic amines is 1. The average molecular weight is 953 g/mol. The number of halogens is 2. The summed E-state index contributed by atoms with van der Waals surface area (Å²) in [4.78, 5) is 75.6. The number of rotatable bonds is 12. The van der Waals surface area contributed by atoms with Crippen LogP contribution < -0.4 is 14.8 Å². The number of urea groups is 1. The number of hydrogen-bond acceptors (Lipinski definition) is 10. The number of ether oxygens (including phenoxy) is 1. The molecule has 1 unspecified atom stereocenters. The molecule has 0 bridgehead atoms. The smallest absolute Gasteiger partial charge is 0.415 e. The molecule has 4 aliphatic rings. The van der Waals surface area contributed by atoms with Crippen LogP contribution in [0.15, 0.2) is 79.1 Å². The van der Waals surface area contributed by atoms with Crippen LogP contribution in [0.25, 0.3) is 22.2 Å². The van der Waals surface area contributed by atoms with E-state index < -0.39 is 69.1 Å². The average Bonchev–Trinajstić information content (AvgIpc) is 4.04. The van der Waals surface area contributed by atoms with E-state index >= 15 is 8.78 Å². The highest BCUT2D eigenvalue weighted by Crippen LogP contribution is 2.33. The van der Waals surface area contributed by atoms with E-state index in [2.05, 4.69) is 24.9 Å². The Balaban J connectivity index is 0.781. The molecular weight excluding hydrogens is 903 g/mol. The molecule has 4 saturated heterocycles. The number of likely N-dealkylation sites (tertiary alicyclic amines) is 2. The lowest BCUT2D eigenvalue weighted by Crippen LogP contribution is -2.55. The molecule has 3 aromatic carbocycles. The molecule has 6 heterocycles. The molecule has 0 spiro atoms. The number of fused-ring (bicyclic) bond motifs is 1. The minimum Gasteiger partial charge on any atom is -0.481 e. The Morgan fingerprint density at radius 3 is 2.25 bits per heavy atom. The van der Waals surface area contributed by atoms with E-state index in [1.165, 1.54) is 10.5 Å². The lowest BCUT2D eigenvalue weighted by molar-refractivity contribution is -0.138. The van der Waals surface area contributed by atoms with Crippen molar-refractivity contribution in [2.45, 2.75) is 76.0 Å². The Hall–Kier alpha value is -6.77. The molecule has 1 atom stereocenters. The Labute approximate surface area is 390 Å². The molecule has 4 fully saturated rings. The number of carbonyl (C=O) groups is 5. The van der Waals surface area contributed by atoms with Crippen molar-refractivity contribution in [1.82, 2.24) is 34.3 Å². The maximum atomic E-state index is 15.8. The molecule has 0 aliphatic carbocycles. The second-order valence-corrected chi connectivity index (χ2v) is 19.3. The first-order valence-corrected chi connectivity index (χ1v) is 24.2. The van der Waals surface area contributed by atoms with Gasteiger partial charge in [-0.1, -0.05) is 36.4 Å². The minimum atomic E-state index is -4.11. The van der Waals surface area contributed by atoms with Gasteiger partial charge in [0, 0.05) is 93.6 Å². The molecule has 68 heavy (non-hydrogen) atoms. The fraction of sp³-hybridized carbons (Fsp3) is 0.375. The molecule has 9 rings (SSSR count).